The second-order valence-corrected chi connectivity index (χ2v) is 5.37. The Kier molecular flexibility index (Phi) is 3.22. The van der Waals surface area contributed by atoms with Gasteiger partial charge in [0.1, 0.15) is 6.17 Å². The van der Waals surface area contributed by atoms with Crippen molar-refractivity contribution in [1.82, 2.24) is 0 Å². The molecule has 2 nitrogen and oxygen atoms in total. The van der Waals surface area contributed by atoms with Gasteiger partial charge < -0.3 is 10.5 Å². The molecule has 0 aromatic carbocycles. The molecule has 1 rings (SSSR count). The highest BCUT2D eigenvalue weighted by Gasteiger charge is 2.49. The number of nitrogens with two attached hydrogens (primary N) is 1. The highest BCUT2D eigenvalue weighted by Crippen LogP contribution is 2.44. The topological polar surface area (TPSA) is 35.2 Å². The Bertz CT molecular complexity index is 203. The van der Waals surface area contributed by atoms with Crippen LogP contribution in [0, 0.1) is 5.92 Å². The minimum absolute atomic E-state index is 0.0268. The van der Waals surface area contributed by atoms with Gasteiger partial charge in [-0.15, -0.1) is 0 Å². The van der Waals surface area contributed by atoms with Gasteiger partial charge in [-0.25, -0.2) is 4.39 Å². The van der Waals surface area contributed by atoms with Crippen molar-refractivity contribution in [3.05, 3.63) is 0 Å². The smallest absolute Gasteiger partial charge is 0.107 e. The molecule has 0 aromatic heterocycles. The van der Waals surface area contributed by atoms with Crippen molar-refractivity contribution < 1.29 is 9.13 Å². The molecule has 2 N–H and O–H groups in total. The van der Waals surface area contributed by atoms with Crippen LogP contribution in [0.3, 0.4) is 0 Å². The van der Waals surface area contributed by atoms with Crippen LogP contribution in [0.5, 0.6) is 0 Å². The van der Waals surface area contributed by atoms with E-state index in [9.17, 15) is 4.39 Å². The monoisotopic (exact) mass is 203 g/mol. The van der Waals surface area contributed by atoms with Gasteiger partial charge in [0.2, 0.25) is 0 Å². The van der Waals surface area contributed by atoms with Gasteiger partial charge in [0.15, 0.2) is 0 Å². The molecule has 0 spiro atoms. The fraction of sp³-hybridized carbons (Fsp3) is 1.00. The summed E-state index contributed by atoms with van der Waals surface area (Å²) in [7, 11) is 0. The van der Waals surface area contributed by atoms with Crippen LogP contribution in [0.4, 0.5) is 4.39 Å². The Morgan fingerprint density at radius 2 is 2.00 bits per heavy atom. The number of hydrogen-bond acceptors (Lipinski definition) is 2. The number of hydrogen-bond donors (Lipinski definition) is 1. The van der Waals surface area contributed by atoms with E-state index >= 15 is 0 Å². The molecule has 0 aromatic rings. The van der Waals surface area contributed by atoms with Crippen molar-refractivity contribution in [2.75, 3.05) is 6.54 Å². The summed E-state index contributed by atoms with van der Waals surface area (Å²) in [6, 6.07) is 0. The molecule has 1 heterocycles. The summed E-state index contributed by atoms with van der Waals surface area (Å²) in [4.78, 5) is 0. The maximum absolute atomic E-state index is 13.8. The van der Waals surface area contributed by atoms with Crippen LogP contribution in [0.1, 0.15) is 40.5 Å². The summed E-state index contributed by atoms with van der Waals surface area (Å²) in [5, 5.41) is 0. The van der Waals surface area contributed by atoms with Crippen LogP contribution in [0.15, 0.2) is 0 Å². The first-order valence-corrected chi connectivity index (χ1v) is 5.33. The molecule has 84 valence electrons. The maximum atomic E-state index is 13.8. The van der Waals surface area contributed by atoms with E-state index in [4.69, 9.17) is 10.5 Å². The molecule has 0 saturated carbocycles. The van der Waals surface area contributed by atoms with Crippen LogP contribution >= 0.6 is 0 Å². The maximum Gasteiger partial charge on any atom is 0.107 e. The molecule has 2 atom stereocenters. The van der Waals surface area contributed by atoms with E-state index in [2.05, 4.69) is 0 Å². The molecular formula is C11H22FNO. The third kappa shape index (κ3) is 2.45. The van der Waals surface area contributed by atoms with Gasteiger partial charge in [-0.2, -0.15) is 0 Å². The number of alkyl halides is 1. The van der Waals surface area contributed by atoms with E-state index in [-0.39, 0.29) is 17.1 Å². The van der Waals surface area contributed by atoms with Crippen LogP contribution < -0.4 is 5.73 Å². The van der Waals surface area contributed by atoms with Crippen LogP contribution in [0.25, 0.3) is 0 Å². The third-order valence-electron chi connectivity index (χ3n) is 3.02. The van der Waals surface area contributed by atoms with E-state index in [1.165, 1.54) is 0 Å². The van der Waals surface area contributed by atoms with E-state index in [1.54, 1.807) is 0 Å². The van der Waals surface area contributed by atoms with Gasteiger partial charge in [-0.05, 0) is 47.1 Å². The molecule has 0 bridgehead atoms. The molecule has 1 saturated heterocycles. The summed E-state index contributed by atoms with van der Waals surface area (Å²) in [5.74, 6) is -0.0268. The average Bonchev–Trinajstić information content (AvgIpc) is 2.19. The second-order valence-electron chi connectivity index (χ2n) is 5.37. The zero-order valence-electron chi connectivity index (χ0n) is 9.64. The van der Waals surface area contributed by atoms with Crippen molar-refractivity contribution >= 4 is 0 Å². The summed E-state index contributed by atoms with van der Waals surface area (Å²) >= 11 is 0. The Labute approximate surface area is 86.0 Å². The first-order chi connectivity index (χ1) is 6.28. The number of halogens is 1. The fourth-order valence-electron chi connectivity index (χ4n) is 2.53. The SMILES string of the molecule is CC1(C)CC(C(F)CCN)C(C)(C)O1. The average molecular weight is 203 g/mol. The van der Waals surface area contributed by atoms with Gasteiger partial charge >= 0.3 is 0 Å². The van der Waals surface area contributed by atoms with E-state index in [1.807, 2.05) is 27.7 Å². The zero-order chi connectivity index (χ0) is 11.0. The van der Waals surface area contributed by atoms with E-state index in [0.717, 1.165) is 6.42 Å². The molecule has 0 radical (unpaired) electrons. The number of ether oxygens (including phenoxy) is 1. The Balaban J connectivity index is 2.69. The van der Waals surface area contributed by atoms with Gasteiger partial charge in [0, 0.05) is 5.92 Å². The number of rotatable bonds is 3. The third-order valence-corrected chi connectivity index (χ3v) is 3.02. The summed E-state index contributed by atoms with van der Waals surface area (Å²) < 4.78 is 19.6. The minimum atomic E-state index is -0.836. The van der Waals surface area contributed by atoms with Crippen LogP contribution in [-0.4, -0.2) is 23.9 Å². The lowest BCUT2D eigenvalue weighted by Crippen LogP contribution is -2.35. The lowest BCUT2D eigenvalue weighted by atomic mass is 9.83. The van der Waals surface area contributed by atoms with Crippen molar-refractivity contribution in [3.8, 4) is 0 Å². The molecule has 1 fully saturated rings. The zero-order valence-corrected chi connectivity index (χ0v) is 9.64. The Morgan fingerprint density at radius 3 is 2.36 bits per heavy atom. The molecule has 0 aliphatic carbocycles. The molecule has 1 aliphatic heterocycles. The predicted molar refractivity (Wildman–Crippen MR) is 55.9 cm³/mol. The molecule has 0 amide bonds. The van der Waals surface area contributed by atoms with Crippen LogP contribution in [0.2, 0.25) is 0 Å². The van der Waals surface area contributed by atoms with Gasteiger partial charge in [0.05, 0.1) is 11.2 Å². The normalized spacial score (nSPS) is 31.7. The molecule has 3 heteroatoms. The quantitative estimate of drug-likeness (QED) is 0.763. The van der Waals surface area contributed by atoms with Crippen molar-refractivity contribution in [2.24, 2.45) is 11.7 Å². The van der Waals surface area contributed by atoms with Gasteiger partial charge in [-0.3, -0.25) is 0 Å². The molecule has 14 heavy (non-hydrogen) atoms. The van der Waals surface area contributed by atoms with Gasteiger partial charge in [-0.1, -0.05) is 0 Å². The largest absolute Gasteiger partial charge is 0.369 e. The van der Waals surface area contributed by atoms with E-state index in [0.29, 0.717) is 13.0 Å². The summed E-state index contributed by atoms with van der Waals surface area (Å²) in [5.41, 5.74) is 4.81. The second kappa shape index (κ2) is 3.78. The van der Waals surface area contributed by atoms with Crippen LogP contribution in [-0.2, 0) is 4.74 Å². The highest BCUT2D eigenvalue weighted by atomic mass is 19.1. The summed E-state index contributed by atoms with van der Waals surface area (Å²) in [6.45, 7) is 8.38. The highest BCUT2D eigenvalue weighted by molar-refractivity contribution is 4.97. The molecular weight excluding hydrogens is 181 g/mol. The summed E-state index contributed by atoms with van der Waals surface area (Å²) in [6.07, 6.45) is 0.381. The molecule has 2 unspecified atom stereocenters. The Hall–Kier alpha value is -0.150. The first-order valence-electron chi connectivity index (χ1n) is 5.33. The molecule has 1 aliphatic rings. The minimum Gasteiger partial charge on any atom is -0.369 e. The Morgan fingerprint density at radius 1 is 1.43 bits per heavy atom. The lowest BCUT2D eigenvalue weighted by Gasteiger charge is -2.29. The van der Waals surface area contributed by atoms with Gasteiger partial charge in [0.25, 0.3) is 0 Å². The first kappa shape index (κ1) is 11.9. The predicted octanol–water partition coefficient (Wildman–Crippen LogP) is 2.27. The van der Waals surface area contributed by atoms with E-state index < -0.39 is 6.17 Å². The van der Waals surface area contributed by atoms with Crippen molar-refractivity contribution in [3.63, 3.8) is 0 Å². The lowest BCUT2D eigenvalue weighted by molar-refractivity contribution is -0.0817. The van der Waals surface area contributed by atoms with Crippen molar-refractivity contribution in [2.45, 2.75) is 57.9 Å². The van der Waals surface area contributed by atoms with Crippen molar-refractivity contribution in [1.29, 1.82) is 0 Å². The standard InChI is InChI=1S/C11H22FNO/c1-10(2)7-8(9(12)5-6-13)11(3,4)14-10/h8-9H,5-7,13H2,1-4H3. The fourth-order valence-corrected chi connectivity index (χ4v) is 2.53.